The van der Waals surface area contributed by atoms with Gasteiger partial charge in [-0.1, -0.05) is 30.3 Å². The lowest BCUT2D eigenvalue weighted by Gasteiger charge is -2.18. The number of aliphatic imine (C=N–C) groups is 1. The summed E-state index contributed by atoms with van der Waals surface area (Å²) in [6, 6.07) is 10.6. The van der Waals surface area contributed by atoms with Gasteiger partial charge in [0.05, 0.1) is 6.04 Å². The monoisotopic (exact) mass is 345 g/mol. The van der Waals surface area contributed by atoms with Gasteiger partial charge in [-0.05, 0) is 12.5 Å². The lowest BCUT2D eigenvalue weighted by Crippen LogP contribution is -2.28. The molecule has 0 amide bonds. The van der Waals surface area contributed by atoms with Gasteiger partial charge in [0.2, 0.25) is 0 Å². The van der Waals surface area contributed by atoms with E-state index in [4.69, 9.17) is 4.99 Å². The van der Waals surface area contributed by atoms with E-state index in [-0.39, 0.29) is 30.0 Å². The number of rotatable bonds is 2. The zero-order valence-electron chi connectivity index (χ0n) is 10.6. The van der Waals surface area contributed by atoms with E-state index in [0.29, 0.717) is 0 Å². The van der Waals surface area contributed by atoms with Crippen molar-refractivity contribution in [2.45, 2.75) is 13.0 Å². The van der Waals surface area contributed by atoms with E-state index >= 15 is 0 Å². The van der Waals surface area contributed by atoms with Crippen molar-refractivity contribution in [2.75, 3.05) is 27.2 Å². The third kappa shape index (κ3) is 3.34. The van der Waals surface area contributed by atoms with E-state index in [1.54, 1.807) is 0 Å². The molecule has 17 heavy (non-hydrogen) atoms. The fourth-order valence-corrected chi connectivity index (χ4v) is 1.97. The van der Waals surface area contributed by atoms with Crippen molar-refractivity contribution in [2.24, 2.45) is 4.99 Å². The SMILES string of the molecule is C[C@H](N=C1N(C)CCN1C)c1ccccc1.I. The number of likely N-dealkylation sites (N-methyl/N-ethyl adjacent to an activating group) is 2. The fraction of sp³-hybridized carbons (Fsp3) is 0.462. The van der Waals surface area contributed by atoms with Crippen LogP contribution < -0.4 is 0 Å². The molecule has 0 N–H and O–H groups in total. The summed E-state index contributed by atoms with van der Waals surface area (Å²) in [5.74, 6) is 1.09. The average Bonchev–Trinajstić information content (AvgIpc) is 2.62. The lowest BCUT2D eigenvalue weighted by atomic mass is 10.1. The van der Waals surface area contributed by atoms with Gasteiger partial charge in [0.15, 0.2) is 5.96 Å². The highest BCUT2D eigenvalue weighted by atomic mass is 127. The van der Waals surface area contributed by atoms with Crippen LogP contribution in [0.15, 0.2) is 35.3 Å². The van der Waals surface area contributed by atoms with Crippen LogP contribution in [-0.4, -0.2) is 42.9 Å². The van der Waals surface area contributed by atoms with E-state index in [1.807, 2.05) is 6.07 Å². The number of benzene rings is 1. The summed E-state index contributed by atoms with van der Waals surface area (Å²) >= 11 is 0. The van der Waals surface area contributed by atoms with Crippen LogP contribution in [0.1, 0.15) is 18.5 Å². The molecule has 1 saturated heterocycles. The van der Waals surface area contributed by atoms with Gasteiger partial charge in [-0.2, -0.15) is 0 Å². The van der Waals surface area contributed by atoms with Crippen LogP contribution in [0, 0.1) is 0 Å². The molecule has 0 spiro atoms. The number of hydrogen-bond donors (Lipinski definition) is 0. The predicted octanol–water partition coefficient (Wildman–Crippen LogP) is 2.60. The Hall–Kier alpha value is -0.780. The number of hydrogen-bond acceptors (Lipinski definition) is 1. The molecule has 0 aromatic heterocycles. The maximum atomic E-state index is 4.78. The van der Waals surface area contributed by atoms with Crippen LogP contribution in [0.5, 0.6) is 0 Å². The van der Waals surface area contributed by atoms with Gasteiger partial charge in [-0.25, -0.2) is 4.99 Å². The van der Waals surface area contributed by atoms with Crippen LogP contribution in [0.2, 0.25) is 0 Å². The van der Waals surface area contributed by atoms with Crippen LogP contribution in [0.3, 0.4) is 0 Å². The molecule has 3 nitrogen and oxygen atoms in total. The Morgan fingerprint density at radius 2 is 1.59 bits per heavy atom. The second kappa shape index (κ2) is 6.23. The minimum Gasteiger partial charge on any atom is -0.344 e. The van der Waals surface area contributed by atoms with Crippen molar-refractivity contribution in [3.63, 3.8) is 0 Å². The smallest absolute Gasteiger partial charge is 0.196 e. The Morgan fingerprint density at radius 1 is 1.06 bits per heavy atom. The van der Waals surface area contributed by atoms with Crippen molar-refractivity contribution >= 4 is 29.9 Å². The number of guanidine groups is 1. The minimum absolute atomic E-state index is 0. The zero-order chi connectivity index (χ0) is 11.5. The molecule has 1 heterocycles. The standard InChI is InChI=1S/C13H19N3.HI/c1-11(12-7-5-4-6-8-12)14-13-15(2)9-10-16(13)3;/h4-8,11H,9-10H2,1-3H3;1H/t11-;/m0./s1. The van der Waals surface area contributed by atoms with E-state index in [0.717, 1.165) is 19.0 Å². The van der Waals surface area contributed by atoms with Gasteiger partial charge in [0, 0.05) is 27.2 Å². The summed E-state index contributed by atoms with van der Waals surface area (Å²) < 4.78 is 0. The predicted molar refractivity (Wildman–Crippen MR) is 83.0 cm³/mol. The first-order valence-corrected chi connectivity index (χ1v) is 5.73. The highest BCUT2D eigenvalue weighted by Crippen LogP contribution is 2.18. The first-order valence-electron chi connectivity index (χ1n) is 5.73. The summed E-state index contributed by atoms with van der Waals surface area (Å²) in [5, 5.41) is 0. The maximum absolute atomic E-state index is 4.78. The molecule has 0 saturated carbocycles. The van der Waals surface area contributed by atoms with E-state index in [1.165, 1.54) is 5.56 Å². The highest BCUT2D eigenvalue weighted by Gasteiger charge is 2.20. The quantitative estimate of drug-likeness (QED) is 0.768. The molecule has 0 aliphatic carbocycles. The van der Waals surface area contributed by atoms with Gasteiger partial charge in [0.1, 0.15) is 0 Å². The molecule has 1 aliphatic rings. The Labute approximate surface area is 121 Å². The topological polar surface area (TPSA) is 18.8 Å². The summed E-state index contributed by atoms with van der Waals surface area (Å²) in [5.41, 5.74) is 1.27. The molecule has 1 aromatic carbocycles. The van der Waals surface area contributed by atoms with Gasteiger partial charge in [-0.15, -0.1) is 24.0 Å². The van der Waals surface area contributed by atoms with Crippen molar-refractivity contribution in [1.29, 1.82) is 0 Å². The summed E-state index contributed by atoms with van der Waals surface area (Å²) in [4.78, 5) is 9.19. The lowest BCUT2D eigenvalue weighted by molar-refractivity contribution is 0.553. The Kier molecular flexibility index (Phi) is 5.24. The molecule has 0 radical (unpaired) electrons. The Morgan fingerprint density at radius 3 is 2.12 bits per heavy atom. The van der Waals surface area contributed by atoms with E-state index in [9.17, 15) is 0 Å². The normalized spacial score (nSPS) is 16.8. The summed E-state index contributed by atoms with van der Waals surface area (Å²) in [7, 11) is 4.19. The van der Waals surface area contributed by atoms with Crippen molar-refractivity contribution < 1.29 is 0 Å². The van der Waals surface area contributed by atoms with Crippen molar-refractivity contribution in [1.82, 2.24) is 9.80 Å². The van der Waals surface area contributed by atoms with Gasteiger partial charge in [0.25, 0.3) is 0 Å². The van der Waals surface area contributed by atoms with E-state index in [2.05, 4.69) is 55.1 Å². The second-order valence-electron chi connectivity index (χ2n) is 4.36. The van der Waals surface area contributed by atoms with Crippen molar-refractivity contribution in [3.8, 4) is 0 Å². The molecule has 0 unspecified atom stereocenters. The number of nitrogens with zero attached hydrogens (tertiary/aromatic N) is 3. The molecular formula is C13H20IN3. The molecule has 0 bridgehead atoms. The highest BCUT2D eigenvalue weighted by molar-refractivity contribution is 14.0. The average molecular weight is 345 g/mol. The molecule has 4 heteroatoms. The van der Waals surface area contributed by atoms with Crippen molar-refractivity contribution in [3.05, 3.63) is 35.9 Å². The first-order chi connectivity index (χ1) is 7.68. The van der Waals surface area contributed by atoms with Crippen LogP contribution in [0.4, 0.5) is 0 Å². The Bertz CT molecular complexity index is 366. The van der Waals surface area contributed by atoms with Crippen LogP contribution >= 0.6 is 24.0 Å². The third-order valence-corrected chi connectivity index (χ3v) is 3.04. The Balaban J connectivity index is 0.00000144. The molecule has 2 rings (SSSR count). The molecule has 1 atom stereocenters. The van der Waals surface area contributed by atoms with Crippen LogP contribution in [0.25, 0.3) is 0 Å². The van der Waals surface area contributed by atoms with E-state index < -0.39 is 0 Å². The minimum atomic E-state index is 0. The molecule has 1 aliphatic heterocycles. The molecule has 94 valence electrons. The van der Waals surface area contributed by atoms with Gasteiger partial charge in [-0.3, -0.25) is 0 Å². The molecule has 1 aromatic rings. The summed E-state index contributed by atoms with van der Waals surface area (Å²) in [6.07, 6.45) is 0. The fourth-order valence-electron chi connectivity index (χ4n) is 1.97. The third-order valence-electron chi connectivity index (χ3n) is 3.04. The largest absolute Gasteiger partial charge is 0.344 e. The zero-order valence-corrected chi connectivity index (χ0v) is 13.0. The number of halogens is 1. The molecular weight excluding hydrogens is 325 g/mol. The second-order valence-corrected chi connectivity index (χ2v) is 4.36. The maximum Gasteiger partial charge on any atom is 0.196 e. The summed E-state index contributed by atoms with van der Waals surface area (Å²) in [6.45, 7) is 4.27. The molecule has 1 fully saturated rings. The first kappa shape index (κ1) is 14.3. The van der Waals surface area contributed by atoms with Crippen LogP contribution in [-0.2, 0) is 0 Å². The van der Waals surface area contributed by atoms with Gasteiger partial charge < -0.3 is 9.80 Å². The van der Waals surface area contributed by atoms with Gasteiger partial charge >= 0.3 is 0 Å².